The van der Waals surface area contributed by atoms with Gasteiger partial charge in [0.2, 0.25) is 0 Å². The van der Waals surface area contributed by atoms with Crippen molar-refractivity contribution in [3.8, 4) is 0 Å². The van der Waals surface area contributed by atoms with Crippen LogP contribution in [0.2, 0.25) is 0 Å². The van der Waals surface area contributed by atoms with E-state index in [0.717, 1.165) is 54.8 Å². The third-order valence-corrected chi connectivity index (χ3v) is 15.1. The molecule has 6 fully saturated rings. The maximum atomic E-state index is 11.4. The van der Waals surface area contributed by atoms with Crippen LogP contribution in [0.15, 0.2) is 0 Å². The zero-order valence-electron chi connectivity index (χ0n) is 30.9. The van der Waals surface area contributed by atoms with E-state index in [9.17, 15) is 30.6 Å². The molecular formula is C39H68O10. The number of ether oxygens (including phenoxy) is 4. The van der Waals surface area contributed by atoms with Crippen LogP contribution in [0.1, 0.15) is 119 Å². The molecule has 2 heterocycles. The van der Waals surface area contributed by atoms with Crippen molar-refractivity contribution in [2.45, 2.75) is 186 Å². The van der Waals surface area contributed by atoms with Crippen molar-refractivity contribution in [2.24, 2.45) is 52.3 Å². The lowest BCUT2D eigenvalue weighted by molar-refractivity contribution is -0.362. The maximum absolute atomic E-state index is 11.4. The van der Waals surface area contributed by atoms with E-state index >= 15 is 0 Å². The molecule has 6 aliphatic rings. The Morgan fingerprint density at radius 2 is 1.41 bits per heavy atom. The minimum atomic E-state index is -1.60. The standard InChI is InChI=1S/C39H68O10/c1-20(2)8-7-9-21(3)26-12-13-27-25-11-10-23-18-24(14-16-38(23,5)28(25)15-17-39(26,27)6)47-37-34(45)35(31(42)29(19-40)48-37)49-36-33(44)32(43)30(41)22(4)46-36/h20-37,40-45H,7-19H2,1-6H3/t21-,22+,23+,24+,25+,26-,27+,28+,29-,30-,31+,32-,33+,34-,35+,36-,37-,38+,39-/m1/s1. The first-order chi connectivity index (χ1) is 23.2. The molecule has 284 valence electrons. The first-order valence-corrected chi connectivity index (χ1v) is 19.8. The van der Waals surface area contributed by atoms with Gasteiger partial charge in [-0.3, -0.25) is 0 Å². The fourth-order valence-electron chi connectivity index (χ4n) is 12.2. The third-order valence-electron chi connectivity index (χ3n) is 15.1. The first kappa shape index (κ1) is 38.3. The summed E-state index contributed by atoms with van der Waals surface area (Å²) in [4.78, 5) is 0. The predicted octanol–water partition coefficient (Wildman–Crippen LogP) is 4.14. The molecule has 0 radical (unpaired) electrons. The minimum Gasteiger partial charge on any atom is -0.394 e. The Morgan fingerprint density at radius 3 is 2.12 bits per heavy atom. The Morgan fingerprint density at radius 1 is 0.714 bits per heavy atom. The summed E-state index contributed by atoms with van der Waals surface area (Å²) in [6, 6.07) is 0. The van der Waals surface area contributed by atoms with Gasteiger partial charge in [-0.05, 0) is 117 Å². The Balaban J connectivity index is 1.08. The van der Waals surface area contributed by atoms with Crippen molar-refractivity contribution in [1.29, 1.82) is 0 Å². The van der Waals surface area contributed by atoms with Crippen LogP contribution < -0.4 is 0 Å². The van der Waals surface area contributed by atoms with E-state index in [-0.39, 0.29) is 11.5 Å². The SMILES string of the molecule is CC(C)CCC[C@@H](C)[C@H]1CC[C@H]2[C@@H]3CC[C@H]4C[C@@H](O[C@@H]5O[C@H](CO)[C@H](O)[C@H](O[C@H]6O[C@@H](C)[C@@H](O)[C@@H](O)[C@@H]6O)[C@H]5O)CC[C@]4(C)[C@H]3CC[C@]12C. The Bertz CT molecular complexity index is 1090. The molecule has 6 N–H and O–H groups in total. The van der Waals surface area contributed by atoms with Gasteiger partial charge in [-0.25, -0.2) is 0 Å². The second kappa shape index (κ2) is 15.2. The highest BCUT2D eigenvalue weighted by atomic mass is 16.7. The van der Waals surface area contributed by atoms with Gasteiger partial charge in [0.15, 0.2) is 12.6 Å². The van der Waals surface area contributed by atoms with Crippen LogP contribution in [0, 0.1) is 52.3 Å². The first-order valence-electron chi connectivity index (χ1n) is 19.8. The molecule has 0 aromatic carbocycles. The van der Waals surface area contributed by atoms with Crippen LogP contribution in [0.4, 0.5) is 0 Å². The summed E-state index contributed by atoms with van der Waals surface area (Å²) in [7, 11) is 0. The summed E-state index contributed by atoms with van der Waals surface area (Å²) < 4.78 is 23.8. The number of rotatable bonds is 10. The number of fused-ring (bicyclic) bond motifs is 5. The van der Waals surface area contributed by atoms with Crippen molar-refractivity contribution in [1.82, 2.24) is 0 Å². The highest BCUT2D eigenvalue weighted by Crippen LogP contribution is 2.68. The van der Waals surface area contributed by atoms with Crippen molar-refractivity contribution in [3.63, 3.8) is 0 Å². The van der Waals surface area contributed by atoms with Gasteiger partial charge in [0.25, 0.3) is 0 Å². The van der Waals surface area contributed by atoms with Crippen LogP contribution in [0.3, 0.4) is 0 Å². The largest absolute Gasteiger partial charge is 0.394 e. The fourth-order valence-corrected chi connectivity index (χ4v) is 12.2. The van der Waals surface area contributed by atoms with E-state index in [1.807, 2.05) is 0 Å². The molecule has 2 saturated heterocycles. The lowest BCUT2D eigenvalue weighted by Crippen LogP contribution is -2.64. The molecule has 4 saturated carbocycles. The second-order valence-electron chi connectivity index (χ2n) is 18.2. The summed E-state index contributed by atoms with van der Waals surface area (Å²) in [5.41, 5.74) is 0.737. The van der Waals surface area contributed by atoms with E-state index in [2.05, 4.69) is 34.6 Å². The molecular weight excluding hydrogens is 628 g/mol. The second-order valence-corrected chi connectivity index (χ2v) is 18.2. The highest BCUT2D eigenvalue weighted by molar-refractivity contribution is 5.10. The number of aliphatic hydroxyl groups excluding tert-OH is 6. The van der Waals surface area contributed by atoms with E-state index in [0.29, 0.717) is 11.3 Å². The van der Waals surface area contributed by atoms with Crippen LogP contribution in [0.25, 0.3) is 0 Å². The van der Waals surface area contributed by atoms with Gasteiger partial charge in [0.1, 0.15) is 42.7 Å². The zero-order chi connectivity index (χ0) is 35.4. The summed E-state index contributed by atoms with van der Waals surface area (Å²) in [5, 5.41) is 63.2. The number of hydrogen-bond donors (Lipinski definition) is 6. The van der Waals surface area contributed by atoms with Gasteiger partial charge in [0, 0.05) is 0 Å². The van der Waals surface area contributed by atoms with Crippen molar-refractivity contribution >= 4 is 0 Å². The van der Waals surface area contributed by atoms with Crippen LogP contribution in [-0.2, 0) is 18.9 Å². The minimum absolute atomic E-state index is 0.144. The lowest BCUT2D eigenvalue weighted by atomic mass is 9.44. The van der Waals surface area contributed by atoms with E-state index < -0.39 is 68.0 Å². The van der Waals surface area contributed by atoms with E-state index in [1.54, 1.807) is 0 Å². The zero-order valence-corrected chi connectivity index (χ0v) is 30.9. The van der Waals surface area contributed by atoms with Gasteiger partial charge >= 0.3 is 0 Å². The predicted molar refractivity (Wildman–Crippen MR) is 183 cm³/mol. The summed E-state index contributed by atoms with van der Waals surface area (Å²) >= 11 is 0. The normalized spacial score (nSPS) is 52.3. The lowest BCUT2D eigenvalue weighted by Gasteiger charge is -2.61. The average Bonchev–Trinajstić information content (AvgIpc) is 3.42. The third kappa shape index (κ3) is 7.16. The van der Waals surface area contributed by atoms with Crippen molar-refractivity contribution < 1.29 is 49.6 Å². The summed E-state index contributed by atoms with van der Waals surface area (Å²) in [6.45, 7) is 13.4. The van der Waals surface area contributed by atoms with Gasteiger partial charge in [0.05, 0.1) is 18.8 Å². The number of aliphatic hydroxyl groups is 6. The fraction of sp³-hybridized carbons (Fsp3) is 1.00. The van der Waals surface area contributed by atoms with Gasteiger partial charge in [-0.2, -0.15) is 0 Å². The molecule has 0 aromatic heterocycles. The average molecular weight is 697 g/mol. The van der Waals surface area contributed by atoms with Gasteiger partial charge in [-0.15, -0.1) is 0 Å². The summed E-state index contributed by atoms with van der Waals surface area (Å²) in [5.74, 6) is 5.34. The van der Waals surface area contributed by atoms with E-state index in [4.69, 9.17) is 18.9 Å². The quantitative estimate of drug-likeness (QED) is 0.184. The molecule has 0 amide bonds. The van der Waals surface area contributed by atoms with Crippen molar-refractivity contribution in [2.75, 3.05) is 6.61 Å². The summed E-state index contributed by atoms with van der Waals surface area (Å²) in [6.07, 6.45) is 1.55. The molecule has 19 atom stereocenters. The molecule has 10 heteroatoms. The Labute approximate surface area is 294 Å². The molecule has 0 spiro atoms. The van der Waals surface area contributed by atoms with Crippen molar-refractivity contribution in [3.05, 3.63) is 0 Å². The molecule has 0 unspecified atom stereocenters. The molecule has 0 aromatic rings. The smallest absolute Gasteiger partial charge is 0.187 e. The molecule has 2 aliphatic heterocycles. The topological polar surface area (TPSA) is 158 Å². The van der Waals surface area contributed by atoms with Crippen LogP contribution in [0.5, 0.6) is 0 Å². The molecule has 4 aliphatic carbocycles. The molecule has 49 heavy (non-hydrogen) atoms. The Hall–Kier alpha value is -0.400. The maximum Gasteiger partial charge on any atom is 0.187 e. The van der Waals surface area contributed by atoms with Crippen LogP contribution in [-0.4, -0.2) is 105 Å². The highest BCUT2D eigenvalue weighted by Gasteiger charge is 2.61. The van der Waals surface area contributed by atoms with Crippen LogP contribution >= 0.6 is 0 Å². The monoisotopic (exact) mass is 696 g/mol. The van der Waals surface area contributed by atoms with E-state index in [1.165, 1.54) is 64.7 Å². The molecule has 10 nitrogen and oxygen atoms in total. The molecule has 0 bridgehead atoms. The van der Waals surface area contributed by atoms with Gasteiger partial charge < -0.3 is 49.6 Å². The Kier molecular flexibility index (Phi) is 11.9. The number of hydrogen-bond acceptors (Lipinski definition) is 10. The molecule has 6 rings (SSSR count). The van der Waals surface area contributed by atoms with Gasteiger partial charge in [-0.1, -0.05) is 53.9 Å².